The van der Waals surface area contributed by atoms with Crippen LogP contribution in [0.1, 0.15) is 28.3 Å². The molecular formula is C24H20ClN3OS. The molecule has 2 aliphatic rings. The highest BCUT2D eigenvalue weighted by Gasteiger charge is 2.41. The standard InChI is InChI=1S/C24H20ClN3OS/c1-13-6-5-7-15-10-17-21-16(12-30-23(17)26-22(13)15)11-29-24-20(21)14(2)27-28(24)19-9-4-3-8-18(19)25/h3-10,16,21H,11-12H2,1-2H3/t16-,21-/m0/s1. The monoisotopic (exact) mass is 433 g/mol. The number of pyridine rings is 1. The molecule has 2 atom stereocenters. The second kappa shape index (κ2) is 6.76. The van der Waals surface area contributed by atoms with Gasteiger partial charge in [0.15, 0.2) is 0 Å². The minimum Gasteiger partial charge on any atom is -0.477 e. The van der Waals surface area contributed by atoms with Gasteiger partial charge < -0.3 is 4.74 Å². The van der Waals surface area contributed by atoms with Gasteiger partial charge in [-0.3, -0.25) is 0 Å². The molecule has 0 aliphatic carbocycles. The van der Waals surface area contributed by atoms with E-state index < -0.39 is 0 Å². The maximum atomic E-state index is 6.48. The van der Waals surface area contributed by atoms with Crippen LogP contribution in [0.5, 0.6) is 5.88 Å². The molecule has 150 valence electrons. The molecule has 2 aliphatic heterocycles. The quantitative estimate of drug-likeness (QED) is 0.372. The fourth-order valence-electron chi connectivity index (χ4n) is 4.74. The van der Waals surface area contributed by atoms with E-state index in [2.05, 4.69) is 38.1 Å². The lowest BCUT2D eigenvalue weighted by atomic mass is 9.80. The fraction of sp³-hybridized carbons (Fsp3) is 0.250. The summed E-state index contributed by atoms with van der Waals surface area (Å²) in [7, 11) is 0. The van der Waals surface area contributed by atoms with Crippen LogP contribution >= 0.6 is 23.4 Å². The molecule has 6 rings (SSSR count). The number of fused-ring (bicyclic) bond motifs is 6. The maximum Gasteiger partial charge on any atom is 0.220 e. The number of ether oxygens (including phenoxy) is 1. The Morgan fingerprint density at radius 1 is 1.13 bits per heavy atom. The van der Waals surface area contributed by atoms with Gasteiger partial charge in [0.2, 0.25) is 5.88 Å². The number of aryl methyl sites for hydroxylation is 2. The van der Waals surface area contributed by atoms with Crippen LogP contribution in [-0.4, -0.2) is 27.1 Å². The molecule has 6 heteroatoms. The average Bonchev–Trinajstić information content (AvgIpc) is 3.09. The second-order valence-corrected chi connectivity index (χ2v) is 9.47. The number of thioether (sulfide) groups is 1. The Bertz CT molecular complexity index is 1320. The zero-order valence-electron chi connectivity index (χ0n) is 16.7. The summed E-state index contributed by atoms with van der Waals surface area (Å²) in [4.78, 5) is 5.06. The van der Waals surface area contributed by atoms with Gasteiger partial charge in [-0.15, -0.1) is 11.8 Å². The van der Waals surface area contributed by atoms with Gasteiger partial charge in [-0.1, -0.05) is 41.9 Å². The number of rotatable bonds is 1. The van der Waals surface area contributed by atoms with E-state index in [0.29, 0.717) is 17.5 Å². The van der Waals surface area contributed by atoms with Crippen molar-refractivity contribution in [3.8, 4) is 11.6 Å². The van der Waals surface area contributed by atoms with Crippen molar-refractivity contribution in [2.45, 2.75) is 24.8 Å². The Balaban J connectivity index is 1.57. The fourth-order valence-corrected chi connectivity index (χ4v) is 6.13. The molecule has 4 aromatic rings. The predicted molar refractivity (Wildman–Crippen MR) is 121 cm³/mol. The SMILES string of the molecule is Cc1nn(-c2ccccc2Cl)c2c1[C@@H]1c3cc4cccc(C)c4nc3SC[C@@H]1CO2. The van der Waals surface area contributed by atoms with Gasteiger partial charge in [0.05, 0.1) is 28.5 Å². The van der Waals surface area contributed by atoms with Crippen molar-refractivity contribution >= 4 is 34.3 Å². The minimum atomic E-state index is 0.235. The molecule has 2 aromatic heterocycles. The molecule has 4 nitrogen and oxygen atoms in total. The molecule has 0 fully saturated rings. The van der Waals surface area contributed by atoms with Crippen molar-refractivity contribution in [3.05, 3.63) is 75.9 Å². The maximum absolute atomic E-state index is 6.48. The van der Waals surface area contributed by atoms with Crippen molar-refractivity contribution in [3.63, 3.8) is 0 Å². The first-order valence-corrected chi connectivity index (χ1v) is 11.5. The average molecular weight is 434 g/mol. The molecular weight excluding hydrogens is 414 g/mol. The van der Waals surface area contributed by atoms with Gasteiger partial charge >= 0.3 is 0 Å². The highest BCUT2D eigenvalue weighted by atomic mass is 35.5. The molecule has 4 heterocycles. The molecule has 0 N–H and O–H groups in total. The Kier molecular flexibility index (Phi) is 4.12. The minimum absolute atomic E-state index is 0.235. The first-order valence-electron chi connectivity index (χ1n) is 10.1. The summed E-state index contributed by atoms with van der Waals surface area (Å²) in [6.45, 7) is 4.87. The molecule has 0 amide bonds. The molecule has 0 unspecified atom stereocenters. The van der Waals surface area contributed by atoms with Gasteiger partial charge in [0.25, 0.3) is 0 Å². The van der Waals surface area contributed by atoms with E-state index in [1.807, 2.05) is 40.7 Å². The van der Waals surface area contributed by atoms with E-state index in [1.165, 1.54) is 22.1 Å². The zero-order chi connectivity index (χ0) is 20.4. The van der Waals surface area contributed by atoms with E-state index in [0.717, 1.165) is 33.6 Å². The van der Waals surface area contributed by atoms with Crippen molar-refractivity contribution in [1.29, 1.82) is 0 Å². The third-order valence-electron chi connectivity index (χ3n) is 6.17. The van der Waals surface area contributed by atoms with Crippen LogP contribution in [0.25, 0.3) is 16.6 Å². The molecule has 0 saturated heterocycles. The number of aromatic nitrogens is 3. The molecule has 2 aromatic carbocycles. The normalized spacial score (nSPS) is 19.7. The Morgan fingerprint density at radius 2 is 2.00 bits per heavy atom. The number of hydrogen-bond donors (Lipinski definition) is 0. The van der Waals surface area contributed by atoms with Crippen molar-refractivity contribution in [2.24, 2.45) is 5.92 Å². The number of nitrogens with zero attached hydrogens (tertiary/aromatic N) is 3. The lowest BCUT2D eigenvalue weighted by Gasteiger charge is -2.36. The highest BCUT2D eigenvalue weighted by molar-refractivity contribution is 7.99. The van der Waals surface area contributed by atoms with E-state index in [-0.39, 0.29) is 5.92 Å². The molecule has 0 radical (unpaired) electrons. The van der Waals surface area contributed by atoms with Crippen LogP contribution in [0, 0.1) is 19.8 Å². The van der Waals surface area contributed by atoms with Gasteiger partial charge in [-0.2, -0.15) is 9.78 Å². The Hall–Kier alpha value is -2.50. The van der Waals surface area contributed by atoms with Crippen molar-refractivity contribution in [2.75, 3.05) is 12.4 Å². The van der Waals surface area contributed by atoms with E-state index in [1.54, 1.807) is 0 Å². The topological polar surface area (TPSA) is 39.9 Å². The molecule has 0 bridgehead atoms. The van der Waals surface area contributed by atoms with E-state index in [4.69, 9.17) is 26.4 Å². The first kappa shape index (κ1) is 18.3. The third-order valence-corrected chi connectivity index (χ3v) is 7.68. The van der Waals surface area contributed by atoms with Gasteiger partial charge in [-0.05, 0) is 43.2 Å². The van der Waals surface area contributed by atoms with Gasteiger partial charge in [0.1, 0.15) is 5.03 Å². The van der Waals surface area contributed by atoms with Crippen LogP contribution in [0.3, 0.4) is 0 Å². The van der Waals surface area contributed by atoms with E-state index in [9.17, 15) is 0 Å². The van der Waals surface area contributed by atoms with Crippen molar-refractivity contribution < 1.29 is 4.74 Å². The second-order valence-electron chi connectivity index (χ2n) is 8.06. The summed E-state index contributed by atoms with van der Waals surface area (Å²) in [5.74, 6) is 2.45. The molecule has 0 spiro atoms. The molecule has 0 saturated carbocycles. The highest BCUT2D eigenvalue weighted by Crippen LogP contribution is 2.51. The van der Waals surface area contributed by atoms with Crippen LogP contribution in [-0.2, 0) is 0 Å². The predicted octanol–water partition coefficient (Wildman–Crippen LogP) is 5.94. The summed E-state index contributed by atoms with van der Waals surface area (Å²) in [5.41, 5.74) is 6.61. The van der Waals surface area contributed by atoms with Crippen LogP contribution in [0.4, 0.5) is 0 Å². The van der Waals surface area contributed by atoms with Crippen LogP contribution in [0.15, 0.2) is 53.6 Å². The number of halogens is 1. The van der Waals surface area contributed by atoms with Gasteiger partial charge in [0, 0.05) is 28.5 Å². The summed E-state index contributed by atoms with van der Waals surface area (Å²) in [6, 6.07) is 16.5. The van der Waals surface area contributed by atoms with Crippen LogP contribution < -0.4 is 4.74 Å². The summed E-state index contributed by atoms with van der Waals surface area (Å²) >= 11 is 8.32. The smallest absolute Gasteiger partial charge is 0.220 e. The van der Waals surface area contributed by atoms with Gasteiger partial charge in [-0.25, -0.2) is 4.98 Å². The lowest BCUT2D eigenvalue weighted by Crippen LogP contribution is -2.32. The Morgan fingerprint density at radius 3 is 2.87 bits per heavy atom. The van der Waals surface area contributed by atoms with E-state index >= 15 is 0 Å². The summed E-state index contributed by atoms with van der Waals surface area (Å²) in [6.07, 6.45) is 0. The van der Waals surface area contributed by atoms with Crippen LogP contribution in [0.2, 0.25) is 5.02 Å². The largest absolute Gasteiger partial charge is 0.477 e. The number of hydrogen-bond acceptors (Lipinski definition) is 4. The zero-order valence-corrected chi connectivity index (χ0v) is 18.3. The number of benzene rings is 2. The lowest BCUT2D eigenvalue weighted by molar-refractivity contribution is 0.205. The molecule has 30 heavy (non-hydrogen) atoms. The Labute approximate surface area is 184 Å². The van der Waals surface area contributed by atoms with Crippen molar-refractivity contribution in [1.82, 2.24) is 14.8 Å². The third kappa shape index (κ3) is 2.62. The first-order chi connectivity index (χ1) is 14.6. The summed E-state index contributed by atoms with van der Waals surface area (Å²) < 4.78 is 8.15. The summed E-state index contributed by atoms with van der Waals surface area (Å²) in [5, 5.41) is 7.84. The number of para-hydroxylation sites is 2.